The summed E-state index contributed by atoms with van der Waals surface area (Å²) in [6.07, 6.45) is 0. The van der Waals surface area contributed by atoms with Crippen LogP contribution in [0.2, 0.25) is 0 Å². The van der Waals surface area contributed by atoms with Crippen LogP contribution in [0.25, 0.3) is 0 Å². The molecule has 1 heterocycles. The van der Waals surface area contributed by atoms with Crippen molar-refractivity contribution >= 4 is 39.9 Å². The second-order valence-electron chi connectivity index (χ2n) is 6.39. The van der Waals surface area contributed by atoms with Crippen LogP contribution in [0.5, 0.6) is 0 Å². The van der Waals surface area contributed by atoms with Gasteiger partial charge in [-0.2, -0.15) is 0 Å². The maximum absolute atomic E-state index is 12.5. The Balaban J connectivity index is 2.20. The number of benzene rings is 1. The predicted octanol–water partition coefficient (Wildman–Crippen LogP) is 3.80. The number of ether oxygens (including phenoxy) is 2. The molecule has 0 aliphatic carbocycles. The number of carbonyl (C=O) groups is 3. The minimum absolute atomic E-state index is 0.00878. The quantitative estimate of drug-likeness (QED) is 0.682. The second-order valence-corrected chi connectivity index (χ2v) is 7.41. The summed E-state index contributed by atoms with van der Waals surface area (Å²) < 4.78 is 9.53. The summed E-state index contributed by atoms with van der Waals surface area (Å²) in [7, 11) is 2.50. The first-order valence-corrected chi connectivity index (χ1v) is 9.54. The third-order valence-electron chi connectivity index (χ3n) is 4.18. The Morgan fingerprint density at radius 1 is 1.07 bits per heavy atom. The molecule has 8 heteroatoms. The topological polar surface area (TPSA) is 93.7 Å². The molecule has 2 aromatic rings. The van der Waals surface area contributed by atoms with Crippen LogP contribution in [-0.2, 0) is 14.3 Å². The molecule has 1 aromatic heterocycles. The Kier molecular flexibility index (Phi) is 7.17. The number of methoxy groups -OCH3 is 2. The number of carbonyl (C=O) groups excluding carboxylic acids is 3. The zero-order valence-electron chi connectivity index (χ0n) is 16.5. The van der Waals surface area contributed by atoms with E-state index >= 15 is 0 Å². The van der Waals surface area contributed by atoms with Crippen molar-refractivity contribution in [1.29, 1.82) is 0 Å². The van der Waals surface area contributed by atoms with Crippen molar-refractivity contribution in [3.63, 3.8) is 0 Å². The van der Waals surface area contributed by atoms with E-state index in [0.717, 1.165) is 22.6 Å². The molecule has 0 aliphatic heterocycles. The number of esters is 2. The normalized spacial score (nSPS) is 10.5. The van der Waals surface area contributed by atoms with Crippen molar-refractivity contribution in [2.45, 2.75) is 26.7 Å². The summed E-state index contributed by atoms with van der Waals surface area (Å²) >= 11 is 0.985. The number of nitrogens with one attached hydrogen (secondary N) is 2. The minimum atomic E-state index is -0.627. The van der Waals surface area contributed by atoms with Crippen LogP contribution in [0.15, 0.2) is 24.3 Å². The average molecular weight is 404 g/mol. The average Bonchev–Trinajstić information content (AvgIpc) is 3.01. The second kappa shape index (κ2) is 9.36. The first kappa shape index (κ1) is 21.4. The summed E-state index contributed by atoms with van der Waals surface area (Å²) in [6.45, 7) is 5.77. The molecule has 2 N–H and O–H groups in total. The minimum Gasteiger partial charge on any atom is -0.465 e. The van der Waals surface area contributed by atoms with Crippen molar-refractivity contribution < 1.29 is 23.9 Å². The summed E-state index contributed by atoms with van der Waals surface area (Å²) in [5, 5.41) is 6.07. The zero-order valence-corrected chi connectivity index (χ0v) is 17.4. The Morgan fingerprint density at radius 3 is 2.32 bits per heavy atom. The van der Waals surface area contributed by atoms with E-state index in [1.54, 1.807) is 6.92 Å². The Labute approximate surface area is 168 Å². The molecule has 0 saturated heterocycles. The molecule has 0 aliphatic rings. The molecule has 0 unspecified atom stereocenters. The van der Waals surface area contributed by atoms with Crippen LogP contribution in [-0.4, -0.2) is 38.6 Å². The Hall–Kier alpha value is -2.87. The van der Waals surface area contributed by atoms with E-state index in [9.17, 15) is 14.4 Å². The number of thiophene rings is 1. The van der Waals surface area contributed by atoms with Gasteiger partial charge in [0.1, 0.15) is 9.88 Å². The van der Waals surface area contributed by atoms with Crippen LogP contribution in [0.3, 0.4) is 0 Å². The molecule has 1 aromatic carbocycles. The lowest BCUT2D eigenvalue weighted by Crippen LogP contribution is -2.23. The molecule has 2 rings (SSSR count). The highest BCUT2D eigenvalue weighted by atomic mass is 32.1. The largest absolute Gasteiger partial charge is 0.465 e. The first-order chi connectivity index (χ1) is 13.3. The molecule has 0 radical (unpaired) electrons. The highest BCUT2D eigenvalue weighted by Gasteiger charge is 2.26. The van der Waals surface area contributed by atoms with Gasteiger partial charge in [0.25, 0.3) is 0 Å². The van der Waals surface area contributed by atoms with E-state index in [2.05, 4.69) is 24.5 Å². The first-order valence-electron chi connectivity index (χ1n) is 8.72. The van der Waals surface area contributed by atoms with Crippen molar-refractivity contribution in [3.05, 3.63) is 45.8 Å². The van der Waals surface area contributed by atoms with Crippen LogP contribution in [0, 0.1) is 6.92 Å². The number of amides is 1. The van der Waals surface area contributed by atoms with Gasteiger partial charge in [0.05, 0.1) is 26.3 Å². The lowest BCUT2D eigenvalue weighted by molar-refractivity contribution is -0.114. The van der Waals surface area contributed by atoms with Gasteiger partial charge in [0.2, 0.25) is 5.91 Å². The molecule has 1 amide bonds. The van der Waals surface area contributed by atoms with Crippen molar-refractivity contribution in [2.75, 3.05) is 31.4 Å². The van der Waals surface area contributed by atoms with Gasteiger partial charge in [-0.1, -0.05) is 32.0 Å². The lowest BCUT2D eigenvalue weighted by atomic mass is 10.0. The van der Waals surface area contributed by atoms with Crippen molar-refractivity contribution in [1.82, 2.24) is 0 Å². The highest BCUT2D eigenvalue weighted by molar-refractivity contribution is 7.18. The Morgan fingerprint density at radius 2 is 1.71 bits per heavy atom. The number of rotatable bonds is 7. The van der Waals surface area contributed by atoms with Crippen LogP contribution in [0.1, 0.15) is 50.9 Å². The van der Waals surface area contributed by atoms with Crippen LogP contribution >= 0.6 is 11.3 Å². The van der Waals surface area contributed by atoms with Gasteiger partial charge in [-0.25, -0.2) is 9.59 Å². The third-order valence-corrected chi connectivity index (χ3v) is 5.37. The van der Waals surface area contributed by atoms with Gasteiger partial charge >= 0.3 is 11.9 Å². The number of para-hydroxylation sites is 1. The van der Waals surface area contributed by atoms with Gasteiger partial charge in [0, 0.05) is 5.69 Å². The maximum Gasteiger partial charge on any atom is 0.348 e. The van der Waals surface area contributed by atoms with Gasteiger partial charge in [-0.3, -0.25) is 4.79 Å². The fourth-order valence-electron chi connectivity index (χ4n) is 2.74. The molecular formula is C20H24N2O5S. The fourth-order valence-corrected chi connectivity index (χ4v) is 3.87. The van der Waals surface area contributed by atoms with E-state index in [4.69, 9.17) is 9.47 Å². The predicted molar refractivity (Wildman–Crippen MR) is 109 cm³/mol. The van der Waals surface area contributed by atoms with E-state index in [1.165, 1.54) is 14.2 Å². The number of hydrogen-bond acceptors (Lipinski definition) is 7. The SMILES string of the molecule is COC(=O)c1sc(NC(=O)CNc2ccccc2C(C)C)c(C(=O)OC)c1C. The maximum atomic E-state index is 12.5. The number of anilines is 2. The van der Waals surface area contributed by atoms with Gasteiger partial charge < -0.3 is 20.1 Å². The van der Waals surface area contributed by atoms with Crippen LogP contribution < -0.4 is 10.6 Å². The molecule has 0 spiro atoms. The molecule has 150 valence electrons. The fraction of sp³-hybridized carbons (Fsp3) is 0.350. The lowest BCUT2D eigenvalue weighted by Gasteiger charge is -2.14. The van der Waals surface area contributed by atoms with E-state index in [1.807, 2.05) is 24.3 Å². The molecule has 28 heavy (non-hydrogen) atoms. The van der Waals surface area contributed by atoms with Crippen molar-refractivity contribution in [3.8, 4) is 0 Å². The Bertz CT molecular complexity index is 889. The molecule has 0 saturated carbocycles. The van der Waals surface area contributed by atoms with Crippen molar-refractivity contribution in [2.24, 2.45) is 0 Å². The monoisotopic (exact) mass is 404 g/mol. The van der Waals surface area contributed by atoms with Gasteiger partial charge in [0.15, 0.2) is 0 Å². The molecule has 0 bridgehead atoms. The summed E-state index contributed by atoms with van der Waals surface area (Å²) in [6, 6.07) is 7.76. The summed E-state index contributed by atoms with van der Waals surface area (Å²) in [5.74, 6) is -1.24. The van der Waals surface area contributed by atoms with Crippen LogP contribution in [0.4, 0.5) is 10.7 Å². The summed E-state index contributed by atoms with van der Waals surface area (Å²) in [5.41, 5.74) is 2.55. The smallest absolute Gasteiger partial charge is 0.348 e. The van der Waals surface area contributed by atoms with Gasteiger partial charge in [-0.15, -0.1) is 11.3 Å². The standard InChI is InChI=1S/C20H24N2O5S/c1-11(2)13-8-6-7-9-14(13)21-10-15(23)22-18-16(19(24)26-4)12(3)17(28-18)20(25)27-5/h6-9,11,21H,10H2,1-5H3,(H,22,23). The van der Waals surface area contributed by atoms with Gasteiger partial charge in [-0.05, 0) is 30.0 Å². The molecule has 0 atom stereocenters. The zero-order chi connectivity index (χ0) is 20.8. The highest BCUT2D eigenvalue weighted by Crippen LogP contribution is 2.34. The summed E-state index contributed by atoms with van der Waals surface area (Å²) in [4.78, 5) is 36.7. The van der Waals surface area contributed by atoms with E-state index < -0.39 is 11.9 Å². The number of hydrogen-bond donors (Lipinski definition) is 2. The third kappa shape index (κ3) is 4.69. The molecular weight excluding hydrogens is 380 g/mol. The van der Waals surface area contributed by atoms with E-state index in [0.29, 0.717) is 11.5 Å². The van der Waals surface area contributed by atoms with E-state index in [-0.39, 0.29) is 27.9 Å². The molecule has 0 fully saturated rings. The molecule has 7 nitrogen and oxygen atoms in total.